The van der Waals surface area contributed by atoms with Gasteiger partial charge in [-0.25, -0.2) is 8.42 Å². The van der Waals surface area contributed by atoms with Crippen LogP contribution in [0.25, 0.3) is 0 Å². The molecule has 1 amide bonds. The van der Waals surface area contributed by atoms with Crippen LogP contribution in [-0.2, 0) is 14.9 Å². The molecule has 0 aliphatic rings. The number of unbranched alkanes of at least 4 members (excludes halogenated alkanes) is 5. The summed E-state index contributed by atoms with van der Waals surface area (Å²) in [5.74, 6) is -0.383. The quantitative estimate of drug-likeness (QED) is 0.224. The van der Waals surface area contributed by atoms with Crippen LogP contribution in [0.1, 0.15) is 44.9 Å². The lowest BCUT2D eigenvalue weighted by Crippen LogP contribution is -2.41. The fourth-order valence-corrected chi connectivity index (χ4v) is 2.92. The molecule has 0 aromatic carbocycles. The van der Waals surface area contributed by atoms with E-state index in [1.807, 2.05) is 0 Å². The minimum atomic E-state index is -4.09. The van der Waals surface area contributed by atoms with Crippen LogP contribution < -0.4 is 5.32 Å². The summed E-state index contributed by atoms with van der Waals surface area (Å²) in [6.07, 6.45) is 8.39. The van der Waals surface area contributed by atoms with Gasteiger partial charge in [0.05, 0.1) is 37.3 Å². The van der Waals surface area contributed by atoms with Crippen LogP contribution in [0.3, 0.4) is 0 Å². The third-order valence-corrected chi connectivity index (χ3v) is 4.62. The summed E-state index contributed by atoms with van der Waals surface area (Å²) in [4.78, 5) is 10.9. The van der Waals surface area contributed by atoms with Crippen LogP contribution in [0.5, 0.6) is 0 Å². The summed E-state index contributed by atoms with van der Waals surface area (Å²) in [6.45, 7) is 5.81. The molecule has 0 heterocycles. The zero-order valence-corrected chi connectivity index (χ0v) is 15.4. The van der Waals surface area contributed by atoms with Crippen molar-refractivity contribution in [3.8, 4) is 0 Å². The van der Waals surface area contributed by atoms with Crippen molar-refractivity contribution in [2.45, 2.75) is 44.9 Å². The Bertz CT molecular complexity index is 447. The SMILES string of the molecule is C=CC(=O)NCCCCCCCC[N+](C)(C)CCCS(=O)(=O)[O-]. The van der Waals surface area contributed by atoms with Crippen molar-refractivity contribution in [3.05, 3.63) is 12.7 Å². The molecule has 0 spiro atoms. The smallest absolute Gasteiger partial charge is 0.243 e. The average molecular weight is 349 g/mol. The lowest BCUT2D eigenvalue weighted by molar-refractivity contribution is -0.890. The monoisotopic (exact) mass is 348 g/mol. The highest BCUT2D eigenvalue weighted by molar-refractivity contribution is 7.85. The highest BCUT2D eigenvalue weighted by Crippen LogP contribution is 2.09. The van der Waals surface area contributed by atoms with E-state index < -0.39 is 10.1 Å². The Morgan fingerprint density at radius 1 is 1.04 bits per heavy atom. The lowest BCUT2D eigenvalue weighted by atomic mass is 10.1. The van der Waals surface area contributed by atoms with E-state index in [1.165, 1.54) is 12.5 Å². The second-order valence-corrected chi connectivity index (χ2v) is 8.14. The first-order chi connectivity index (χ1) is 10.7. The summed E-state index contributed by atoms with van der Waals surface area (Å²) >= 11 is 0. The molecule has 0 atom stereocenters. The molecule has 136 valence electrons. The van der Waals surface area contributed by atoms with E-state index in [-0.39, 0.29) is 11.7 Å². The van der Waals surface area contributed by atoms with E-state index in [2.05, 4.69) is 26.0 Å². The van der Waals surface area contributed by atoms with Crippen molar-refractivity contribution in [2.24, 2.45) is 0 Å². The van der Waals surface area contributed by atoms with Crippen LogP contribution in [0.2, 0.25) is 0 Å². The largest absolute Gasteiger partial charge is 0.748 e. The third kappa shape index (κ3) is 15.7. The molecule has 0 aromatic heterocycles. The number of amides is 1. The van der Waals surface area contributed by atoms with Crippen molar-refractivity contribution >= 4 is 16.0 Å². The van der Waals surface area contributed by atoms with Gasteiger partial charge in [0.2, 0.25) is 5.91 Å². The van der Waals surface area contributed by atoms with Crippen molar-refractivity contribution < 1.29 is 22.2 Å². The second-order valence-electron chi connectivity index (χ2n) is 6.61. The fourth-order valence-electron chi connectivity index (χ4n) is 2.44. The van der Waals surface area contributed by atoms with Crippen LogP contribution >= 0.6 is 0 Å². The molecule has 0 aliphatic carbocycles. The topological polar surface area (TPSA) is 86.3 Å². The maximum Gasteiger partial charge on any atom is 0.243 e. The van der Waals surface area contributed by atoms with Gasteiger partial charge in [-0.15, -0.1) is 0 Å². The van der Waals surface area contributed by atoms with Crippen molar-refractivity contribution in [3.63, 3.8) is 0 Å². The van der Waals surface area contributed by atoms with Crippen LogP contribution in [-0.4, -0.2) is 62.8 Å². The van der Waals surface area contributed by atoms with Gasteiger partial charge in [-0.05, 0) is 25.3 Å². The fraction of sp³-hybridized carbons (Fsp3) is 0.812. The molecular weight excluding hydrogens is 316 g/mol. The third-order valence-electron chi connectivity index (χ3n) is 3.83. The maximum absolute atomic E-state index is 10.9. The molecule has 0 bridgehead atoms. The summed E-state index contributed by atoms with van der Waals surface area (Å²) in [5.41, 5.74) is 0. The molecular formula is C16H32N2O4S. The average Bonchev–Trinajstić information content (AvgIpc) is 2.43. The second kappa shape index (κ2) is 11.6. The molecule has 0 aliphatic heterocycles. The summed E-state index contributed by atoms with van der Waals surface area (Å²) in [7, 11) is 0.0527. The number of carbonyl (C=O) groups excluding carboxylic acids is 1. The molecule has 6 nitrogen and oxygen atoms in total. The summed E-state index contributed by atoms with van der Waals surface area (Å²) in [6, 6.07) is 0. The predicted molar refractivity (Wildman–Crippen MR) is 91.9 cm³/mol. The lowest BCUT2D eigenvalue weighted by Gasteiger charge is -2.30. The molecule has 0 saturated heterocycles. The normalized spacial score (nSPS) is 12.1. The van der Waals surface area contributed by atoms with Gasteiger partial charge < -0.3 is 14.4 Å². The Hall–Kier alpha value is -0.920. The van der Waals surface area contributed by atoms with Gasteiger partial charge in [0.15, 0.2) is 0 Å². The minimum Gasteiger partial charge on any atom is -0.748 e. The van der Waals surface area contributed by atoms with Crippen molar-refractivity contribution in [2.75, 3.05) is 39.5 Å². The molecule has 0 aromatic rings. The highest BCUT2D eigenvalue weighted by atomic mass is 32.2. The van der Waals surface area contributed by atoms with Gasteiger partial charge in [0.1, 0.15) is 0 Å². The maximum atomic E-state index is 10.9. The predicted octanol–water partition coefficient (Wildman–Crippen LogP) is 1.64. The van der Waals surface area contributed by atoms with E-state index in [0.29, 0.717) is 19.5 Å². The van der Waals surface area contributed by atoms with Crippen LogP contribution in [0.4, 0.5) is 0 Å². The van der Waals surface area contributed by atoms with Crippen LogP contribution in [0, 0.1) is 0 Å². The first-order valence-electron chi connectivity index (χ1n) is 8.32. The first-order valence-corrected chi connectivity index (χ1v) is 9.90. The number of quaternary nitrogens is 1. The molecule has 23 heavy (non-hydrogen) atoms. The van der Waals surface area contributed by atoms with E-state index in [1.54, 1.807) is 0 Å². The van der Waals surface area contributed by atoms with Gasteiger partial charge in [-0.2, -0.15) is 0 Å². The van der Waals surface area contributed by atoms with Gasteiger partial charge in [-0.1, -0.05) is 25.8 Å². The standard InChI is InChI=1S/C16H32N2O4S/c1-4-16(19)17-12-9-7-5-6-8-10-13-18(2,3)14-11-15-23(20,21)22/h4H,1,5-15H2,2-3H3,(H-,17,19,20,21,22). The first kappa shape index (κ1) is 22.1. The molecule has 0 unspecified atom stereocenters. The number of nitrogens with zero attached hydrogens (tertiary/aromatic N) is 1. The number of carbonyl (C=O) groups is 1. The molecule has 1 N–H and O–H groups in total. The molecule has 0 radical (unpaired) electrons. The Kier molecular flexibility index (Phi) is 11.1. The van der Waals surface area contributed by atoms with Gasteiger partial charge in [-0.3, -0.25) is 4.79 Å². The Morgan fingerprint density at radius 3 is 2.13 bits per heavy atom. The number of hydrogen-bond acceptors (Lipinski definition) is 4. The van der Waals surface area contributed by atoms with Crippen molar-refractivity contribution in [1.82, 2.24) is 5.32 Å². The summed E-state index contributed by atoms with van der Waals surface area (Å²) < 4.78 is 32.5. The molecule has 0 rings (SSSR count). The van der Waals surface area contributed by atoms with E-state index >= 15 is 0 Å². The van der Waals surface area contributed by atoms with Gasteiger partial charge in [0, 0.05) is 18.7 Å². The highest BCUT2D eigenvalue weighted by Gasteiger charge is 2.14. The van der Waals surface area contributed by atoms with Crippen LogP contribution in [0.15, 0.2) is 12.7 Å². The summed E-state index contributed by atoms with van der Waals surface area (Å²) in [5, 5.41) is 2.76. The van der Waals surface area contributed by atoms with E-state index in [9.17, 15) is 17.8 Å². The van der Waals surface area contributed by atoms with Crippen molar-refractivity contribution in [1.29, 1.82) is 0 Å². The zero-order valence-electron chi connectivity index (χ0n) is 14.6. The van der Waals surface area contributed by atoms with E-state index in [4.69, 9.17) is 0 Å². The molecule has 0 fully saturated rings. The Morgan fingerprint density at radius 2 is 1.57 bits per heavy atom. The number of nitrogens with one attached hydrogen (secondary N) is 1. The van der Waals surface area contributed by atoms with Gasteiger partial charge >= 0.3 is 0 Å². The molecule has 0 saturated carbocycles. The Labute approximate surface area is 141 Å². The molecule has 7 heteroatoms. The van der Waals surface area contributed by atoms with Gasteiger partial charge in [0.25, 0.3) is 0 Å². The number of hydrogen-bond donors (Lipinski definition) is 1. The zero-order chi connectivity index (χ0) is 17.8. The minimum absolute atomic E-state index is 0.116. The Balaban J connectivity index is 3.52. The van der Waals surface area contributed by atoms with E-state index in [0.717, 1.165) is 43.1 Å². The number of rotatable bonds is 14.